The van der Waals surface area contributed by atoms with Gasteiger partial charge in [0.2, 0.25) is 0 Å². The summed E-state index contributed by atoms with van der Waals surface area (Å²) in [6, 6.07) is 12.7. The molecule has 0 atom stereocenters. The van der Waals surface area contributed by atoms with Crippen LogP contribution in [-0.2, 0) is 13.7 Å². The number of hydrogen-bond acceptors (Lipinski definition) is 2. The quantitative estimate of drug-likeness (QED) is 0.801. The largest absolute Gasteiger partial charge is 0.487 e. The molecule has 22 heavy (non-hydrogen) atoms. The maximum absolute atomic E-state index is 12.9. The molecule has 0 amide bonds. The van der Waals surface area contributed by atoms with Crippen LogP contribution in [-0.4, -0.2) is 15.6 Å². The molecular weight excluding hydrogens is 285 g/mol. The van der Waals surface area contributed by atoms with E-state index in [9.17, 15) is 14.3 Å². The summed E-state index contributed by atoms with van der Waals surface area (Å²) in [5.74, 6) is -0.713. The molecule has 4 nitrogen and oxygen atoms in total. The Morgan fingerprint density at radius 2 is 1.95 bits per heavy atom. The van der Waals surface area contributed by atoms with Gasteiger partial charge in [-0.3, -0.25) is 0 Å². The van der Waals surface area contributed by atoms with Crippen LogP contribution in [0.15, 0.2) is 48.5 Å². The van der Waals surface area contributed by atoms with Crippen molar-refractivity contribution < 1.29 is 19.0 Å². The van der Waals surface area contributed by atoms with Crippen LogP contribution in [0.5, 0.6) is 5.75 Å². The first-order valence-electron chi connectivity index (χ1n) is 6.75. The van der Waals surface area contributed by atoms with E-state index < -0.39 is 5.97 Å². The molecule has 0 spiro atoms. The van der Waals surface area contributed by atoms with Gasteiger partial charge in [0.05, 0.1) is 11.3 Å². The van der Waals surface area contributed by atoms with Crippen molar-refractivity contribution in [3.8, 4) is 5.75 Å². The number of fused-ring (bicyclic) bond motifs is 1. The molecule has 0 saturated heterocycles. The summed E-state index contributed by atoms with van der Waals surface area (Å²) in [5.41, 5.74) is 1.94. The lowest BCUT2D eigenvalue weighted by molar-refractivity contribution is 0.0699. The molecule has 0 aliphatic heterocycles. The Bertz CT molecular complexity index is 837. The van der Waals surface area contributed by atoms with Gasteiger partial charge in [0, 0.05) is 18.0 Å². The van der Waals surface area contributed by atoms with Gasteiger partial charge < -0.3 is 14.4 Å². The minimum Gasteiger partial charge on any atom is -0.487 e. The molecular formula is C17H14FNO3. The van der Waals surface area contributed by atoms with Crippen molar-refractivity contribution in [2.24, 2.45) is 7.05 Å². The molecule has 3 rings (SSSR count). The number of nitrogens with zero attached hydrogens (tertiary/aromatic N) is 1. The number of aryl methyl sites for hydroxylation is 1. The van der Waals surface area contributed by atoms with Crippen LogP contribution in [0, 0.1) is 5.82 Å². The van der Waals surface area contributed by atoms with Gasteiger partial charge in [-0.1, -0.05) is 6.07 Å². The van der Waals surface area contributed by atoms with Crippen LogP contribution in [0.1, 0.15) is 16.1 Å². The van der Waals surface area contributed by atoms with Crippen molar-refractivity contribution in [1.82, 2.24) is 4.57 Å². The van der Waals surface area contributed by atoms with Crippen molar-refractivity contribution in [1.29, 1.82) is 0 Å². The molecule has 0 radical (unpaired) electrons. The van der Waals surface area contributed by atoms with E-state index in [0.29, 0.717) is 11.1 Å². The second-order valence-electron chi connectivity index (χ2n) is 4.98. The van der Waals surface area contributed by atoms with E-state index in [1.807, 2.05) is 23.7 Å². The first kappa shape index (κ1) is 14.1. The maximum atomic E-state index is 12.9. The summed E-state index contributed by atoms with van der Waals surface area (Å²) < 4.78 is 20.4. The van der Waals surface area contributed by atoms with Crippen LogP contribution in [0.4, 0.5) is 4.39 Å². The summed E-state index contributed by atoms with van der Waals surface area (Å²) in [6.07, 6.45) is 0. The van der Waals surface area contributed by atoms with E-state index in [4.69, 9.17) is 4.74 Å². The van der Waals surface area contributed by atoms with Gasteiger partial charge in [0.25, 0.3) is 0 Å². The molecule has 3 aromatic rings. The minimum absolute atomic E-state index is 0.265. The zero-order valence-electron chi connectivity index (χ0n) is 11.9. The first-order valence-corrected chi connectivity index (χ1v) is 6.75. The molecule has 5 heteroatoms. The highest BCUT2D eigenvalue weighted by Gasteiger charge is 2.13. The number of carboxylic acids is 1. The molecule has 0 unspecified atom stereocenters. The van der Waals surface area contributed by atoms with Gasteiger partial charge in [-0.05, 0) is 42.5 Å². The molecule has 2 aromatic carbocycles. The van der Waals surface area contributed by atoms with Gasteiger partial charge in [0.15, 0.2) is 0 Å². The number of carbonyl (C=O) groups is 1. The number of hydrogen-bond donors (Lipinski definition) is 1. The predicted octanol–water partition coefficient (Wildman–Crippen LogP) is 3.59. The number of halogens is 1. The Morgan fingerprint density at radius 3 is 2.64 bits per heavy atom. The number of aromatic nitrogens is 1. The van der Waals surface area contributed by atoms with Crippen molar-refractivity contribution in [3.63, 3.8) is 0 Å². The highest BCUT2D eigenvalue weighted by atomic mass is 19.1. The average molecular weight is 299 g/mol. The third-order valence-electron chi connectivity index (χ3n) is 3.62. The van der Waals surface area contributed by atoms with Crippen molar-refractivity contribution in [3.05, 3.63) is 65.6 Å². The van der Waals surface area contributed by atoms with Crippen LogP contribution in [0.25, 0.3) is 10.9 Å². The maximum Gasteiger partial charge on any atom is 0.336 e. The molecule has 0 saturated carbocycles. The van der Waals surface area contributed by atoms with Crippen LogP contribution in [0.2, 0.25) is 0 Å². The summed E-state index contributed by atoms with van der Waals surface area (Å²) >= 11 is 0. The Balaban J connectivity index is 1.91. The van der Waals surface area contributed by atoms with Gasteiger partial charge in [-0.15, -0.1) is 0 Å². The molecule has 0 bridgehead atoms. The molecule has 1 aromatic heterocycles. The lowest BCUT2D eigenvalue weighted by atomic mass is 10.1. The minimum atomic E-state index is -0.956. The first-order chi connectivity index (χ1) is 10.6. The second-order valence-corrected chi connectivity index (χ2v) is 4.98. The smallest absolute Gasteiger partial charge is 0.336 e. The molecule has 1 heterocycles. The normalized spacial score (nSPS) is 10.8. The van der Waals surface area contributed by atoms with E-state index in [1.165, 1.54) is 12.1 Å². The molecule has 0 fully saturated rings. The number of rotatable bonds is 4. The lowest BCUT2D eigenvalue weighted by Crippen LogP contribution is -2.01. The van der Waals surface area contributed by atoms with Crippen LogP contribution < -0.4 is 4.74 Å². The third-order valence-corrected chi connectivity index (χ3v) is 3.62. The van der Waals surface area contributed by atoms with Gasteiger partial charge in [0.1, 0.15) is 18.2 Å². The zero-order chi connectivity index (χ0) is 15.7. The number of benzene rings is 2. The fraction of sp³-hybridized carbons (Fsp3) is 0.118. The monoisotopic (exact) mass is 299 g/mol. The Hall–Kier alpha value is -2.82. The SMILES string of the molecule is Cn1c(COc2ccc(F)cc2)cc2c(C(=O)O)cccc21. The van der Waals surface area contributed by atoms with Crippen molar-refractivity contribution in [2.75, 3.05) is 0 Å². The second kappa shape index (κ2) is 5.52. The number of aromatic carboxylic acids is 1. The standard InChI is InChI=1S/C17H14FNO3/c1-19-12(10-22-13-7-5-11(18)6-8-13)9-15-14(17(20)21)3-2-4-16(15)19/h2-9H,10H2,1H3,(H,20,21). The van der Waals surface area contributed by atoms with Gasteiger partial charge in [-0.25, -0.2) is 9.18 Å². The number of ether oxygens (including phenoxy) is 1. The Morgan fingerprint density at radius 1 is 1.23 bits per heavy atom. The molecule has 0 aliphatic rings. The summed E-state index contributed by atoms with van der Waals surface area (Å²) in [7, 11) is 1.86. The Kier molecular flexibility index (Phi) is 3.55. The van der Waals surface area contributed by atoms with Gasteiger partial charge >= 0.3 is 5.97 Å². The number of carboxylic acid groups (broad SMARTS) is 1. The molecule has 0 aliphatic carbocycles. The zero-order valence-corrected chi connectivity index (χ0v) is 11.9. The molecule has 1 N–H and O–H groups in total. The van der Waals surface area contributed by atoms with Gasteiger partial charge in [-0.2, -0.15) is 0 Å². The third kappa shape index (κ3) is 2.53. The van der Waals surface area contributed by atoms with E-state index in [1.54, 1.807) is 24.3 Å². The van der Waals surface area contributed by atoms with Crippen molar-refractivity contribution >= 4 is 16.9 Å². The summed E-state index contributed by atoms with van der Waals surface area (Å²) in [5, 5.41) is 9.92. The summed E-state index contributed by atoms with van der Waals surface area (Å²) in [4.78, 5) is 11.3. The highest BCUT2D eigenvalue weighted by molar-refractivity contribution is 6.03. The Labute approximate surface area is 126 Å². The van der Waals surface area contributed by atoms with E-state index in [-0.39, 0.29) is 18.0 Å². The highest BCUT2D eigenvalue weighted by Crippen LogP contribution is 2.24. The topological polar surface area (TPSA) is 51.5 Å². The summed E-state index contributed by atoms with van der Waals surface area (Å²) in [6.45, 7) is 0.274. The van der Waals surface area contributed by atoms with Crippen molar-refractivity contribution in [2.45, 2.75) is 6.61 Å². The fourth-order valence-corrected chi connectivity index (χ4v) is 2.43. The van der Waals surface area contributed by atoms with E-state index >= 15 is 0 Å². The molecule has 112 valence electrons. The predicted molar refractivity (Wildman–Crippen MR) is 80.6 cm³/mol. The van der Waals surface area contributed by atoms with E-state index in [0.717, 1.165) is 11.2 Å². The fourth-order valence-electron chi connectivity index (χ4n) is 2.43. The average Bonchev–Trinajstić information content (AvgIpc) is 2.83. The lowest BCUT2D eigenvalue weighted by Gasteiger charge is -2.07. The van der Waals surface area contributed by atoms with E-state index in [2.05, 4.69) is 0 Å². The van der Waals surface area contributed by atoms with Crippen LogP contribution in [0.3, 0.4) is 0 Å². The van der Waals surface area contributed by atoms with Crippen LogP contribution >= 0.6 is 0 Å².